The quantitative estimate of drug-likeness (QED) is 0.467. The molecular weight excluding hydrogens is 444 g/mol. The first-order valence-corrected chi connectivity index (χ1v) is 12.9. The van der Waals surface area contributed by atoms with E-state index in [-0.39, 0.29) is 35.7 Å². The molecule has 0 unspecified atom stereocenters. The molecule has 5 rings (SSSR count). The number of imide groups is 1. The van der Waals surface area contributed by atoms with E-state index in [1.807, 2.05) is 26.1 Å². The third-order valence-electron chi connectivity index (χ3n) is 8.11. The maximum atomic E-state index is 13.5. The first-order chi connectivity index (χ1) is 17.0. The second kappa shape index (κ2) is 9.84. The summed E-state index contributed by atoms with van der Waals surface area (Å²) in [6.07, 6.45) is 9.19. The molecule has 2 aromatic rings. The molecule has 2 aliphatic heterocycles. The first kappa shape index (κ1) is 23.6. The largest absolute Gasteiger partial charge is 0.371 e. The molecule has 1 aromatic heterocycles. The minimum Gasteiger partial charge on any atom is -0.371 e. The van der Waals surface area contributed by atoms with E-state index < -0.39 is 0 Å². The van der Waals surface area contributed by atoms with Crippen molar-refractivity contribution in [3.63, 3.8) is 0 Å². The second-order valence-corrected chi connectivity index (χ2v) is 10.1. The Labute approximate surface area is 206 Å². The third kappa shape index (κ3) is 4.34. The zero-order valence-corrected chi connectivity index (χ0v) is 20.6. The summed E-state index contributed by atoms with van der Waals surface area (Å²) in [6, 6.07) is 7.23. The van der Waals surface area contributed by atoms with Crippen LogP contribution in [0.4, 0.5) is 5.69 Å². The van der Waals surface area contributed by atoms with Crippen molar-refractivity contribution in [2.24, 2.45) is 5.92 Å². The van der Waals surface area contributed by atoms with Crippen LogP contribution in [0.1, 0.15) is 90.7 Å². The molecule has 35 heavy (non-hydrogen) atoms. The van der Waals surface area contributed by atoms with Gasteiger partial charge in [0, 0.05) is 38.2 Å². The lowest BCUT2D eigenvalue weighted by atomic mass is 9.93. The lowest BCUT2D eigenvalue weighted by molar-refractivity contribution is -0.136. The predicted molar refractivity (Wildman–Crippen MR) is 131 cm³/mol. The minimum absolute atomic E-state index is 0.00310. The number of piperidine rings is 1. The van der Waals surface area contributed by atoms with Gasteiger partial charge in [0.1, 0.15) is 12.0 Å². The Morgan fingerprint density at radius 1 is 1.03 bits per heavy atom. The van der Waals surface area contributed by atoms with Gasteiger partial charge in [-0.3, -0.25) is 19.3 Å². The number of aromatic nitrogens is 1. The fraction of sp³-hybridized carbons (Fsp3) is 0.556. The standard InChI is InChI=1S/C27H34N4O4/c1-18(22-14-17-35-28-22)29(2)25(32)19-12-15-30(16-13-19)23-11-7-10-21-24(23)27(34)31(26(21)33)20-8-5-3-4-6-9-20/h7,10-11,14,17-20H,3-6,8-9,12-13,15-16H2,1-2H3/t18-/m0/s1. The van der Waals surface area contributed by atoms with Crippen molar-refractivity contribution in [3.8, 4) is 0 Å². The highest BCUT2D eigenvalue weighted by atomic mass is 16.5. The number of benzene rings is 1. The first-order valence-electron chi connectivity index (χ1n) is 12.9. The van der Waals surface area contributed by atoms with E-state index >= 15 is 0 Å². The van der Waals surface area contributed by atoms with Gasteiger partial charge in [-0.25, -0.2) is 0 Å². The van der Waals surface area contributed by atoms with Crippen LogP contribution < -0.4 is 4.90 Å². The number of carbonyl (C=O) groups is 3. The zero-order valence-electron chi connectivity index (χ0n) is 20.6. The van der Waals surface area contributed by atoms with Crippen molar-refractivity contribution in [2.45, 2.75) is 70.4 Å². The van der Waals surface area contributed by atoms with E-state index in [4.69, 9.17) is 4.52 Å². The molecule has 0 radical (unpaired) electrons. The van der Waals surface area contributed by atoms with Crippen LogP contribution in [0.5, 0.6) is 0 Å². The molecule has 3 amide bonds. The molecule has 3 heterocycles. The average Bonchev–Trinajstić information content (AvgIpc) is 3.41. The highest BCUT2D eigenvalue weighted by Gasteiger charge is 2.42. The van der Waals surface area contributed by atoms with Crippen molar-refractivity contribution in [1.82, 2.24) is 15.0 Å². The summed E-state index contributed by atoms with van der Waals surface area (Å²) in [5, 5.41) is 3.97. The van der Waals surface area contributed by atoms with E-state index in [0.717, 1.165) is 37.1 Å². The Hall–Kier alpha value is -3.16. The van der Waals surface area contributed by atoms with E-state index in [1.165, 1.54) is 24.0 Å². The minimum atomic E-state index is -0.157. The smallest absolute Gasteiger partial charge is 0.263 e. The summed E-state index contributed by atoms with van der Waals surface area (Å²) < 4.78 is 4.93. The number of amides is 3. The van der Waals surface area contributed by atoms with Gasteiger partial charge in [0.15, 0.2) is 0 Å². The number of hydrogen-bond acceptors (Lipinski definition) is 6. The fourth-order valence-electron chi connectivity index (χ4n) is 5.88. The summed E-state index contributed by atoms with van der Waals surface area (Å²) in [5.41, 5.74) is 2.63. The molecular formula is C27H34N4O4. The topological polar surface area (TPSA) is 87.0 Å². The van der Waals surface area contributed by atoms with Gasteiger partial charge in [-0.1, -0.05) is 36.9 Å². The molecule has 0 N–H and O–H groups in total. The Morgan fingerprint density at radius 2 is 1.74 bits per heavy atom. The molecule has 1 atom stereocenters. The van der Waals surface area contributed by atoms with Crippen LogP contribution in [0.3, 0.4) is 0 Å². The van der Waals surface area contributed by atoms with E-state index in [9.17, 15) is 14.4 Å². The number of rotatable bonds is 5. The normalized spacial score (nSPS) is 20.6. The summed E-state index contributed by atoms with van der Waals surface area (Å²) >= 11 is 0. The number of fused-ring (bicyclic) bond motifs is 1. The van der Waals surface area contributed by atoms with Crippen LogP contribution >= 0.6 is 0 Å². The monoisotopic (exact) mass is 478 g/mol. The molecule has 0 spiro atoms. The molecule has 1 saturated carbocycles. The van der Waals surface area contributed by atoms with Crippen LogP contribution in [0.2, 0.25) is 0 Å². The average molecular weight is 479 g/mol. The molecule has 8 heteroatoms. The Morgan fingerprint density at radius 3 is 2.40 bits per heavy atom. The van der Waals surface area contributed by atoms with E-state index in [1.54, 1.807) is 17.0 Å². The summed E-state index contributed by atoms with van der Waals surface area (Å²) in [6.45, 7) is 3.29. The van der Waals surface area contributed by atoms with Gasteiger partial charge in [0.2, 0.25) is 5.91 Å². The van der Waals surface area contributed by atoms with Gasteiger partial charge < -0.3 is 14.3 Å². The van der Waals surface area contributed by atoms with Gasteiger partial charge >= 0.3 is 0 Å². The molecule has 1 aromatic carbocycles. The van der Waals surface area contributed by atoms with Crippen LogP contribution in [0.15, 0.2) is 35.1 Å². The second-order valence-electron chi connectivity index (χ2n) is 10.1. The predicted octanol–water partition coefficient (Wildman–Crippen LogP) is 4.43. The summed E-state index contributed by atoms with van der Waals surface area (Å²) in [7, 11) is 1.81. The van der Waals surface area contributed by atoms with Gasteiger partial charge in [-0.05, 0) is 44.7 Å². The van der Waals surface area contributed by atoms with Crippen LogP contribution in [0, 0.1) is 5.92 Å². The maximum Gasteiger partial charge on any atom is 0.263 e. The highest BCUT2D eigenvalue weighted by Crippen LogP contribution is 2.37. The number of nitrogens with zero attached hydrogens (tertiary/aromatic N) is 4. The Kier molecular flexibility index (Phi) is 6.62. The highest BCUT2D eigenvalue weighted by molar-refractivity contribution is 6.24. The number of carbonyl (C=O) groups excluding carboxylic acids is 3. The molecule has 2 fully saturated rings. The number of anilines is 1. The fourth-order valence-corrected chi connectivity index (χ4v) is 5.88. The van der Waals surface area contributed by atoms with Gasteiger partial charge in [0.25, 0.3) is 11.8 Å². The third-order valence-corrected chi connectivity index (χ3v) is 8.11. The van der Waals surface area contributed by atoms with E-state index in [0.29, 0.717) is 37.1 Å². The van der Waals surface area contributed by atoms with Crippen LogP contribution in [0.25, 0.3) is 0 Å². The van der Waals surface area contributed by atoms with Crippen molar-refractivity contribution >= 4 is 23.4 Å². The maximum absolute atomic E-state index is 13.5. The van der Waals surface area contributed by atoms with Gasteiger partial charge in [-0.2, -0.15) is 0 Å². The van der Waals surface area contributed by atoms with Crippen molar-refractivity contribution in [2.75, 3.05) is 25.0 Å². The molecule has 1 saturated heterocycles. The van der Waals surface area contributed by atoms with Crippen molar-refractivity contribution in [3.05, 3.63) is 47.3 Å². The molecule has 186 valence electrons. The number of hydrogen-bond donors (Lipinski definition) is 0. The van der Waals surface area contributed by atoms with Gasteiger partial charge in [-0.15, -0.1) is 0 Å². The summed E-state index contributed by atoms with van der Waals surface area (Å²) in [4.78, 5) is 45.4. The lowest BCUT2D eigenvalue weighted by Gasteiger charge is -2.36. The Balaban J connectivity index is 1.28. The van der Waals surface area contributed by atoms with Crippen molar-refractivity contribution in [1.29, 1.82) is 0 Å². The molecule has 1 aliphatic carbocycles. The molecule has 3 aliphatic rings. The Bertz CT molecular complexity index is 1080. The van der Waals surface area contributed by atoms with E-state index in [2.05, 4.69) is 10.1 Å². The van der Waals surface area contributed by atoms with Crippen molar-refractivity contribution < 1.29 is 18.9 Å². The van der Waals surface area contributed by atoms with Crippen LogP contribution in [-0.4, -0.2) is 58.9 Å². The van der Waals surface area contributed by atoms with Crippen LogP contribution in [-0.2, 0) is 4.79 Å². The molecule has 0 bridgehead atoms. The SMILES string of the molecule is C[C@@H](c1ccon1)N(C)C(=O)C1CCN(c2cccc3c2C(=O)N(C2CCCCCC2)C3=O)CC1. The van der Waals surface area contributed by atoms with Gasteiger partial charge in [0.05, 0.1) is 22.9 Å². The lowest BCUT2D eigenvalue weighted by Crippen LogP contribution is -2.42. The summed E-state index contributed by atoms with van der Waals surface area (Å²) in [5.74, 6) is -0.273. The molecule has 8 nitrogen and oxygen atoms in total. The zero-order chi connectivity index (χ0) is 24.5.